The summed E-state index contributed by atoms with van der Waals surface area (Å²) >= 11 is 4.97. The van der Waals surface area contributed by atoms with Gasteiger partial charge in [0.2, 0.25) is 0 Å². The van der Waals surface area contributed by atoms with Crippen molar-refractivity contribution in [2.45, 2.75) is 13.8 Å². The summed E-state index contributed by atoms with van der Waals surface area (Å²) in [5.41, 5.74) is 3.25. The maximum atomic E-state index is 5.30. The number of hydrogen-bond acceptors (Lipinski definition) is 1. The van der Waals surface area contributed by atoms with Gasteiger partial charge in [-0.05, 0) is 43.2 Å². The summed E-state index contributed by atoms with van der Waals surface area (Å²) in [5, 5.41) is 0. The Labute approximate surface area is 90.7 Å². The van der Waals surface area contributed by atoms with Crippen LogP contribution in [-0.2, 0) is 0 Å². The molecule has 1 aromatic carbocycles. The molecule has 0 fully saturated rings. The molecule has 0 saturated heterocycles. The van der Waals surface area contributed by atoms with Gasteiger partial charge in [-0.2, -0.15) is 0 Å². The van der Waals surface area contributed by atoms with Gasteiger partial charge >= 0.3 is 0 Å². The summed E-state index contributed by atoms with van der Waals surface area (Å²) < 4.78 is 0. The molecule has 0 aliphatic rings. The Hall–Kier alpha value is -1.39. The standard InChI is InChI=1S/C13H12S/c1-4-12-6-8-13(10(2)9-12)7-5-11(3)14/h1,5-9H,2-3H3/b7-5-. The van der Waals surface area contributed by atoms with E-state index in [-0.39, 0.29) is 0 Å². The van der Waals surface area contributed by atoms with Crippen LogP contribution in [0.2, 0.25) is 0 Å². The van der Waals surface area contributed by atoms with Crippen LogP contribution in [0.5, 0.6) is 0 Å². The van der Waals surface area contributed by atoms with Crippen LogP contribution in [0.1, 0.15) is 23.6 Å². The van der Waals surface area contributed by atoms with Crippen molar-refractivity contribution in [2.24, 2.45) is 0 Å². The van der Waals surface area contributed by atoms with Crippen LogP contribution in [0.25, 0.3) is 6.08 Å². The topological polar surface area (TPSA) is 0 Å². The molecule has 0 spiro atoms. The zero-order chi connectivity index (χ0) is 10.6. The first-order chi connectivity index (χ1) is 6.63. The third-order valence-electron chi connectivity index (χ3n) is 1.93. The van der Waals surface area contributed by atoms with Gasteiger partial charge < -0.3 is 0 Å². The van der Waals surface area contributed by atoms with E-state index >= 15 is 0 Å². The largest absolute Gasteiger partial charge is 0.115 e. The van der Waals surface area contributed by atoms with Crippen LogP contribution in [0, 0.1) is 19.3 Å². The Balaban J connectivity index is 3.02. The molecule has 0 amide bonds. The molecule has 1 rings (SSSR count). The highest BCUT2D eigenvalue weighted by atomic mass is 32.1. The minimum atomic E-state index is 0.880. The monoisotopic (exact) mass is 200 g/mol. The van der Waals surface area contributed by atoms with Crippen molar-refractivity contribution < 1.29 is 0 Å². The van der Waals surface area contributed by atoms with Gasteiger partial charge in [0.25, 0.3) is 0 Å². The van der Waals surface area contributed by atoms with E-state index in [4.69, 9.17) is 18.6 Å². The van der Waals surface area contributed by atoms with Crippen molar-refractivity contribution in [3.8, 4) is 12.3 Å². The van der Waals surface area contributed by atoms with E-state index in [1.165, 1.54) is 5.56 Å². The first-order valence-electron chi connectivity index (χ1n) is 4.39. The third kappa shape index (κ3) is 2.83. The van der Waals surface area contributed by atoms with Gasteiger partial charge in [0.15, 0.2) is 0 Å². The van der Waals surface area contributed by atoms with Crippen LogP contribution in [0.15, 0.2) is 24.3 Å². The molecule has 70 valence electrons. The molecule has 0 aromatic heterocycles. The zero-order valence-electron chi connectivity index (χ0n) is 8.37. The van der Waals surface area contributed by atoms with E-state index in [2.05, 4.69) is 5.92 Å². The molecule has 0 aliphatic carbocycles. The molecule has 0 heterocycles. The normalized spacial score (nSPS) is 10.1. The Morgan fingerprint density at radius 3 is 2.71 bits per heavy atom. The number of hydrogen-bond donors (Lipinski definition) is 0. The average molecular weight is 200 g/mol. The lowest BCUT2D eigenvalue weighted by atomic mass is 10.0. The SMILES string of the molecule is C#Cc1ccc(/C=C\C(C)=S)c(C)c1. The van der Waals surface area contributed by atoms with Gasteiger partial charge in [-0.1, -0.05) is 30.3 Å². The van der Waals surface area contributed by atoms with Crippen molar-refractivity contribution in [1.29, 1.82) is 0 Å². The Bertz CT molecular complexity index is 419. The second-order valence-electron chi connectivity index (χ2n) is 3.16. The fourth-order valence-electron chi connectivity index (χ4n) is 1.16. The number of benzene rings is 1. The molecule has 0 nitrogen and oxygen atoms in total. The van der Waals surface area contributed by atoms with Crippen molar-refractivity contribution in [3.05, 3.63) is 41.0 Å². The van der Waals surface area contributed by atoms with E-state index < -0.39 is 0 Å². The van der Waals surface area contributed by atoms with Crippen LogP contribution >= 0.6 is 12.2 Å². The molecule has 14 heavy (non-hydrogen) atoms. The van der Waals surface area contributed by atoms with E-state index in [1.807, 2.05) is 44.2 Å². The van der Waals surface area contributed by atoms with E-state index in [0.29, 0.717) is 0 Å². The molecule has 0 saturated carbocycles. The quantitative estimate of drug-likeness (QED) is 0.400. The Morgan fingerprint density at radius 2 is 2.21 bits per heavy atom. The summed E-state index contributed by atoms with van der Waals surface area (Å²) in [6.45, 7) is 3.94. The second kappa shape index (κ2) is 4.74. The molecular weight excluding hydrogens is 188 g/mol. The lowest BCUT2D eigenvalue weighted by molar-refractivity contribution is 1.43. The number of rotatable bonds is 2. The lowest BCUT2D eigenvalue weighted by Gasteiger charge is -2.00. The maximum Gasteiger partial charge on any atom is 0.0245 e. The highest BCUT2D eigenvalue weighted by molar-refractivity contribution is 7.80. The zero-order valence-corrected chi connectivity index (χ0v) is 9.19. The van der Waals surface area contributed by atoms with Crippen LogP contribution in [-0.4, -0.2) is 4.86 Å². The molecule has 0 aliphatic heterocycles. The van der Waals surface area contributed by atoms with Crippen LogP contribution in [0.4, 0.5) is 0 Å². The number of terminal acetylenes is 1. The minimum Gasteiger partial charge on any atom is -0.115 e. The molecule has 1 heteroatoms. The number of thiocarbonyl (C=S) groups is 1. The molecule has 0 unspecified atom stereocenters. The molecule has 0 atom stereocenters. The fraction of sp³-hybridized carbons (Fsp3) is 0.154. The van der Waals surface area contributed by atoms with Gasteiger partial charge in [0, 0.05) is 10.4 Å². The molecule has 0 bridgehead atoms. The average Bonchev–Trinajstić information content (AvgIpc) is 2.15. The smallest absolute Gasteiger partial charge is 0.0245 e. The van der Waals surface area contributed by atoms with Gasteiger partial charge in [0.1, 0.15) is 0 Å². The minimum absolute atomic E-state index is 0.880. The predicted molar refractivity (Wildman–Crippen MR) is 66.4 cm³/mol. The van der Waals surface area contributed by atoms with Crippen molar-refractivity contribution in [3.63, 3.8) is 0 Å². The Morgan fingerprint density at radius 1 is 1.50 bits per heavy atom. The van der Waals surface area contributed by atoms with Crippen molar-refractivity contribution in [1.82, 2.24) is 0 Å². The summed E-state index contributed by atoms with van der Waals surface area (Å²) in [7, 11) is 0. The van der Waals surface area contributed by atoms with E-state index in [1.54, 1.807) is 0 Å². The molecule has 1 aromatic rings. The lowest BCUT2D eigenvalue weighted by Crippen LogP contribution is -1.84. The molecule has 0 radical (unpaired) electrons. The summed E-state index contributed by atoms with van der Waals surface area (Å²) in [5.74, 6) is 2.61. The highest BCUT2D eigenvalue weighted by Crippen LogP contribution is 2.12. The summed E-state index contributed by atoms with van der Waals surface area (Å²) in [6.07, 6.45) is 9.24. The summed E-state index contributed by atoms with van der Waals surface area (Å²) in [6, 6.07) is 5.95. The first-order valence-corrected chi connectivity index (χ1v) is 4.80. The summed E-state index contributed by atoms with van der Waals surface area (Å²) in [4.78, 5) is 0.880. The highest BCUT2D eigenvalue weighted by Gasteiger charge is 1.94. The Kier molecular flexibility index (Phi) is 3.62. The van der Waals surface area contributed by atoms with E-state index in [9.17, 15) is 0 Å². The molecular formula is C13H12S. The molecule has 0 N–H and O–H groups in total. The number of allylic oxidation sites excluding steroid dienone is 1. The van der Waals surface area contributed by atoms with Crippen molar-refractivity contribution in [2.75, 3.05) is 0 Å². The van der Waals surface area contributed by atoms with Gasteiger partial charge in [0.05, 0.1) is 0 Å². The number of aryl methyl sites for hydroxylation is 1. The van der Waals surface area contributed by atoms with Gasteiger partial charge in [-0.25, -0.2) is 0 Å². The second-order valence-corrected chi connectivity index (χ2v) is 3.80. The van der Waals surface area contributed by atoms with Gasteiger partial charge in [-0.15, -0.1) is 6.42 Å². The van der Waals surface area contributed by atoms with Gasteiger partial charge in [-0.3, -0.25) is 0 Å². The fourth-order valence-corrected chi connectivity index (χ4v) is 1.23. The van der Waals surface area contributed by atoms with Crippen molar-refractivity contribution >= 4 is 23.2 Å². The van der Waals surface area contributed by atoms with E-state index in [0.717, 1.165) is 16.0 Å². The van der Waals surface area contributed by atoms with Crippen LogP contribution in [0.3, 0.4) is 0 Å². The van der Waals surface area contributed by atoms with Crippen LogP contribution < -0.4 is 0 Å². The third-order valence-corrected chi connectivity index (χ3v) is 2.07. The maximum absolute atomic E-state index is 5.30. The predicted octanol–water partition coefficient (Wildman–Crippen LogP) is 3.38. The first kappa shape index (κ1) is 10.7.